The normalized spacial score (nSPS) is 23.0. The third-order valence-corrected chi connectivity index (χ3v) is 9.30. The van der Waals surface area contributed by atoms with Crippen LogP contribution in [0.15, 0.2) is 29.2 Å². The summed E-state index contributed by atoms with van der Waals surface area (Å²) < 4.78 is 51.5. The van der Waals surface area contributed by atoms with Crippen molar-refractivity contribution in [3.8, 4) is 0 Å². The van der Waals surface area contributed by atoms with Crippen molar-refractivity contribution in [2.75, 3.05) is 51.3 Å². The van der Waals surface area contributed by atoms with Crippen LogP contribution in [0.3, 0.4) is 0 Å². The number of amides is 1. The van der Waals surface area contributed by atoms with Gasteiger partial charge in [-0.1, -0.05) is 19.9 Å². The van der Waals surface area contributed by atoms with Crippen LogP contribution in [0.4, 0.5) is 0 Å². The number of benzene rings is 1. The van der Waals surface area contributed by atoms with E-state index in [-0.39, 0.29) is 39.8 Å². The van der Waals surface area contributed by atoms with E-state index in [1.807, 2.05) is 20.9 Å². The number of hydrogen-bond donors (Lipinski definition) is 0. The molecular weight excluding hydrogens is 426 g/mol. The van der Waals surface area contributed by atoms with E-state index in [0.717, 1.165) is 0 Å². The molecule has 2 aliphatic heterocycles. The molecule has 0 spiro atoms. The van der Waals surface area contributed by atoms with Crippen LogP contribution in [-0.4, -0.2) is 94.2 Å². The van der Waals surface area contributed by atoms with Gasteiger partial charge in [0, 0.05) is 44.3 Å². The summed E-state index contributed by atoms with van der Waals surface area (Å²) in [5.41, 5.74) is 0.273. The molecule has 1 atom stereocenters. The molecule has 0 N–H and O–H groups in total. The van der Waals surface area contributed by atoms with Crippen LogP contribution in [0.1, 0.15) is 30.6 Å². The molecule has 10 heteroatoms. The summed E-state index contributed by atoms with van der Waals surface area (Å²) in [6, 6.07) is 5.74. The minimum atomic E-state index is -3.69. The Morgan fingerprint density at radius 2 is 1.87 bits per heavy atom. The Morgan fingerprint density at radius 1 is 1.20 bits per heavy atom. The topological polar surface area (TPSA) is 95.1 Å². The van der Waals surface area contributed by atoms with Gasteiger partial charge in [0.2, 0.25) is 10.0 Å². The van der Waals surface area contributed by atoms with Gasteiger partial charge in [-0.25, -0.2) is 16.8 Å². The van der Waals surface area contributed by atoms with Gasteiger partial charge in [0.1, 0.15) is 0 Å². The molecule has 0 radical (unpaired) electrons. The number of sulfone groups is 1. The Bertz CT molecular complexity index is 983. The maximum Gasteiger partial charge on any atom is 0.254 e. The molecule has 0 saturated carbocycles. The predicted octanol–water partition coefficient (Wildman–Crippen LogP) is 0.908. The lowest BCUT2D eigenvalue weighted by atomic mass is 10.1. The lowest BCUT2D eigenvalue weighted by Crippen LogP contribution is -2.47. The molecule has 0 aliphatic carbocycles. The van der Waals surface area contributed by atoms with Crippen LogP contribution in [-0.2, 0) is 19.9 Å². The van der Waals surface area contributed by atoms with Crippen LogP contribution in [0, 0.1) is 5.92 Å². The van der Waals surface area contributed by atoms with E-state index in [2.05, 4.69) is 4.90 Å². The van der Waals surface area contributed by atoms with Gasteiger partial charge in [0.15, 0.2) is 9.84 Å². The summed E-state index contributed by atoms with van der Waals surface area (Å²) in [4.78, 5) is 17.1. The Balaban J connectivity index is 1.86. The standard InChI is InChI=1S/C20H31N3O5S2/c1-16(2)14-23(18-7-12-29(25,26)15-18)20(24)17-5-4-6-19(13-17)30(27,28)22-10-8-21(3)9-11-22/h4-6,13,16,18H,7-12,14-15H2,1-3H3. The molecule has 2 saturated heterocycles. The van der Waals surface area contributed by atoms with Crippen molar-refractivity contribution < 1.29 is 21.6 Å². The molecule has 3 rings (SSSR count). The fourth-order valence-corrected chi connectivity index (χ4v) is 7.14. The van der Waals surface area contributed by atoms with E-state index in [1.54, 1.807) is 17.0 Å². The van der Waals surface area contributed by atoms with E-state index in [4.69, 9.17) is 0 Å². The molecule has 168 valence electrons. The molecule has 0 bridgehead atoms. The third kappa shape index (κ3) is 5.22. The van der Waals surface area contributed by atoms with Gasteiger partial charge in [0.25, 0.3) is 5.91 Å². The predicted molar refractivity (Wildman–Crippen MR) is 116 cm³/mol. The fourth-order valence-electron chi connectivity index (χ4n) is 3.95. The smallest absolute Gasteiger partial charge is 0.254 e. The number of likely N-dealkylation sites (N-methyl/N-ethyl adjacent to an activating group) is 1. The van der Waals surface area contributed by atoms with Gasteiger partial charge >= 0.3 is 0 Å². The molecule has 2 aliphatic rings. The number of carbonyl (C=O) groups is 1. The molecular formula is C20H31N3O5S2. The summed E-state index contributed by atoms with van der Waals surface area (Å²) >= 11 is 0. The first kappa shape index (κ1) is 23.2. The van der Waals surface area contributed by atoms with Crippen molar-refractivity contribution in [1.29, 1.82) is 0 Å². The summed E-state index contributed by atoms with van der Waals surface area (Å²) in [5, 5.41) is 0. The van der Waals surface area contributed by atoms with E-state index in [0.29, 0.717) is 39.1 Å². The van der Waals surface area contributed by atoms with Crippen molar-refractivity contribution in [3.63, 3.8) is 0 Å². The van der Waals surface area contributed by atoms with Gasteiger partial charge in [-0.3, -0.25) is 4.79 Å². The summed E-state index contributed by atoms with van der Waals surface area (Å²) in [7, 11) is -4.88. The van der Waals surface area contributed by atoms with Crippen LogP contribution >= 0.6 is 0 Å². The monoisotopic (exact) mass is 457 g/mol. The average molecular weight is 458 g/mol. The first-order valence-electron chi connectivity index (χ1n) is 10.3. The van der Waals surface area contributed by atoms with Crippen molar-refractivity contribution in [3.05, 3.63) is 29.8 Å². The van der Waals surface area contributed by atoms with E-state index in [1.165, 1.54) is 16.4 Å². The zero-order valence-corrected chi connectivity index (χ0v) is 19.5. The highest BCUT2D eigenvalue weighted by molar-refractivity contribution is 7.91. The van der Waals surface area contributed by atoms with Crippen molar-refractivity contribution in [1.82, 2.24) is 14.1 Å². The highest BCUT2D eigenvalue weighted by Gasteiger charge is 2.36. The maximum absolute atomic E-state index is 13.3. The largest absolute Gasteiger partial charge is 0.334 e. The molecule has 2 heterocycles. The second kappa shape index (κ2) is 8.94. The first-order chi connectivity index (χ1) is 14.0. The zero-order chi connectivity index (χ0) is 22.1. The quantitative estimate of drug-likeness (QED) is 0.630. The van der Waals surface area contributed by atoms with Crippen molar-refractivity contribution >= 4 is 25.8 Å². The Labute approximate surface area is 179 Å². The van der Waals surface area contributed by atoms with Crippen LogP contribution in [0.25, 0.3) is 0 Å². The van der Waals surface area contributed by atoms with Crippen molar-refractivity contribution in [2.24, 2.45) is 5.92 Å². The molecule has 1 aromatic rings. The Morgan fingerprint density at radius 3 is 2.43 bits per heavy atom. The summed E-state index contributed by atoms with van der Waals surface area (Å²) in [6.45, 7) is 6.52. The molecule has 30 heavy (non-hydrogen) atoms. The number of piperazine rings is 1. The SMILES string of the molecule is CC(C)CN(C(=O)c1cccc(S(=O)(=O)N2CCN(C)CC2)c1)C1CCS(=O)(=O)C1. The second-order valence-electron chi connectivity index (χ2n) is 8.64. The molecule has 1 unspecified atom stereocenters. The maximum atomic E-state index is 13.3. The molecule has 1 aromatic carbocycles. The molecule has 0 aromatic heterocycles. The fraction of sp³-hybridized carbons (Fsp3) is 0.650. The lowest BCUT2D eigenvalue weighted by molar-refractivity contribution is 0.0672. The van der Waals surface area contributed by atoms with Crippen LogP contribution in [0.5, 0.6) is 0 Å². The van der Waals surface area contributed by atoms with Gasteiger partial charge in [0.05, 0.1) is 16.4 Å². The minimum absolute atomic E-state index is 0.0370. The van der Waals surface area contributed by atoms with E-state index < -0.39 is 19.9 Å². The lowest BCUT2D eigenvalue weighted by Gasteiger charge is -2.32. The minimum Gasteiger partial charge on any atom is -0.334 e. The van der Waals surface area contributed by atoms with Gasteiger partial charge in [-0.15, -0.1) is 0 Å². The highest BCUT2D eigenvalue weighted by atomic mass is 32.2. The number of carbonyl (C=O) groups excluding carboxylic acids is 1. The average Bonchev–Trinajstić information content (AvgIpc) is 3.05. The Hall–Kier alpha value is -1.49. The van der Waals surface area contributed by atoms with Crippen molar-refractivity contribution in [2.45, 2.75) is 31.2 Å². The summed E-state index contributed by atoms with van der Waals surface area (Å²) in [5.74, 6) is -0.113. The third-order valence-electron chi connectivity index (χ3n) is 5.65. The number of hydrogen-bond acceptors (Lipinski definition) is 6. The molecule has 1 amide bonds. The first-order valence-corrected chi connectivity index (χ1v) is 13.6. The van der Waals surface area contributed by atoms with E-state index in [9.17, 15) is 21.6 Å². The van der Waals surface area contributed by atoms with Gasteiger partial charge in [-0.2, -0.15) is 4.31 Å². The zero-order valence-electron chi connectivity index (χ0n) is 17.8. The number of rotatable bonds is 6. The van der Waals surface area contributed by atoms with E-state index >= 15 is 0 Å². The highest BCUT2D eigenvalue weighted by Crippen LogP contribution is 2.24. The summed E-state index contributed by atoms with van der Waals surface area (Å²) in [6.07, 6.45) is 0.417. The van der Waals surface area contributed by atoms with Gasteiger partial charge < -0.3 is 9.80 Å². The Kier molecular flexibility index (Phi) is 6.91. The molecule has 8 nitrogen and oxygen atoms in total. The van der Waals surface area contributed by atoms with Gasteiger partial charge in [-0.05, 0) is 37.6 Å². The number of sulfonamides is 1. The number of nitrogens with zero attached hydrogens (tertiary/aromatic N) is 3. The van der Waals surface area contributed by atoms with Crippen LogP contribution < -0.4 is 0 Å². The van der Waals surface area contributed by atoms with Crippen LogP contribution in [0.2, 0.25) is 0 Å². The molecule has 2 fully saturated rings. The second-order valence-corrected chi connectivity index (χ2v) is 12.8.